The van der Waals surface area contributed by atoms with E-state index >= 15 is 0 Å². The lowest BCUT2D eigenvalue weighted by molar-refractivity contribution is -0.116. The lowest BCUT2D eigenvalue weighted by atomic mass is 10.1. The number of rotatable bonds is 5. The summed E-state index contributed by atoms with van der Waals surface area (Å²) in [7, 11) is 1.72. The van der Waals surface area contributed by atoms with Gasteiger partial charge in [-0.25, -0.2) is 18.4 Å². The van der Waals surface area contributed by atoms with Crippen molar-refractivity contribution in [2.24, 2.45) is 7.05 Å². The van der Waals surface area contributed by atoms with Gasteiger partial charge in [-0.1, -0.05) is 23.2 Å². The first-order valence-corrected chi connectivity index (χ1v) is 9.88. The molecule has 4 aromatic rings. The average Bonchev–Trinajstić information content (AvgIpc) is 3.27. The largest absolute Gasteiger partial charge is 0.324 e. The van der Waals surface area contributed by atoms with Crippen LogP contribution in [-0.4, -0.2) is 30.5 Å². The molecule has 0 bridgehead atoms. The number of pyridine rings is 1. The highest BCUT2D eigenvalue weighted by molar-refractivity contribution is 6.42. The third-order valence-corrected chi connectivity index (χ3v) is 5.38. The van der Waals surface area contributed by atoms with Crippen molar-refractivity contribution in [3.8, 4) is 11.3 Å². The Kier molecular flexibility index (Phi) is 5.63. The predicted molar refractivity (Wildman–Crippen MR) is 115 cm³/mol. The maximum atomic E-state index is 13.8. The van der Waals surface area contributed by atoms with Gasteiger partial charge in [-0.15, -0.1) is 0 Å². The van der Waals surface area contributed by atoms with Crippen LogP contribution < -0.4 is 5.32 Å². The van der Waals surface area contributed by atoms with Gasteiger partial charge < -0.3 is 5.32 Å². The second-order valence-electron chi connectivity index (χ2n) is 6.92. The molecular weight excluding hydrogens is 449 g/mol. The number of halogens is 4. The molecule has 0 saturated heterocycles. The van der Waals surface area contributed by atoms with E-state index in [1.807, 2.05) is 0 Å². The van der Waals surface area contributed by atoms with E-state index in [1.54, 1.807) is 37.0 Å². The number of anilines is 1. The number of alkyl halides is 2. The van der Waals surface area contributed by atoms with Gasteiger partial charge in [0.15, 0.2) is 5.65 Å². The van der Waals surface area contributed by atoms with Gasteiger partial charge in [-0.3, -0.25) is 9.48 Å². The first-order valence-electron chi connectivity index (χ1n) is 9.13. The van der Waals surface area contributed by atoms with Crippen molar-refractivity contribution in [1.29, 1.82) is 0 Å². The third kappa shape index (κ3) is 4.24. The normalized spacial score (nSPS) is 11.5. The van der Waals surface area contributed by atoms with Crippen molar-refractivity contribution in [2.45, 2.75) is 19.9 Å². The van der Waals surface area contributed by atoms with Crippen LogP contribution in [0.2, 0.25) is 10.0 Å². The van der Waals surface area contributed by atoms with Crippen LogP contribution in [-0.2, 0) is 18.4 Å². The number of fused-ring (bicyclic) bond motifs is 1. The minimum atomic E-state index is -2.73. The number of hydrogen-bond donors (Lipinski definition) is 1. The van der Waals surface area contributed by atoms with E-state index < -0.39 is 12.3 Å². The van der Waals surface area contributed by atoms with Gasteiger partial charge in [-0.05, 0) is 31.2 Å². The number of aromatic nitrogens is 5. The summed E-state index contributed by atoms with van der Waals surface area (Å²) < 4.78 is 30.5. The zero-order valence-electron chi connectivity index (χ0n) is 16.4. The minimum Gasteiger partial charge on any atom is -0.324 e. The SMILES string of the molecule is Cc1nn(CC(=O)Nc2ccc(Cl)c(Cl)c2)c2nc(-c3cnn(C)c3)cc(C(F)F)c12. The minimum absolute atomic E-state index is 0.193. The number of carbonyl (C=O) groups is 1. The summed E-state index contributed by atoms with van der Waals surface area (Å²) in [4.78, 5) is 17.1. The molecule has 1 aromatic carbocycles. The van der Waals surface area contributed by atoms with E-state index in [1.165, 1.54) is 23.0 Å². The molecule has 0 saturated carbocycles. The molecule has 3 heterocycles. The fraction of sp³-hybridized carbons (Fsp3) is 0.200. The highest BCUT2D eigenvalue weighted by Gasteiger charge is 2.22. The van der Waals surface area contributed by atoms with Crippen molar-refractivity contribution in [1.82, 2.24) is 24.5 Å². The summed E-state index contributed by atoms with van der Waals surface area (Å²) in [6.07, 6.45) is 0.476. The maximum absolute atomic E-state index is 13.8. The zero-order chi connectivity index (χ0) is 22.3. The summed E-state index contributed by atoms with van der Waals surface area (Å²) in [5.41, 5.74) is 1.71. The Morgan fingerprint density at radius 1 is 1.23 bits per heavy atom. The van der Waals surface area contributed by atoms with E-state index in [9.17, 15) is 13.6 Å². The predicted octanol–water partition coefficient (Wildman–Crippen LogP) is 5.02. The van der Waals surface area contributed by atoms with Crippen LogP contribution in [0.5, 0.6) is 0 Å². The second kappa shape index (κ2) is 8.24. The molecule has 1 amide bonds. The highest BCUT2D eigenvalue weighted by Crippen LogP contribution is 2.33. The van der Waals surface area contributed by atoms with Gasteiger partial charge in [0.05, 0.1) is 33.0 Å². The quantitative estimate of drug-likeness (QED) is 0.449. The molecule has 4 rings (SSSR count). The molecule has 0 fully saturated rings. The molecule has 11 heteroatoms. The number of hydrogen-bond acceptors (Lipinski definition) is 4. The number of nitrogens with one attached hydrogen (secondary N) is 1. The summed E-state index contributed by atoms with van der Waals surface area (Å²) in [5, 5.41) is 11.9. The Labute approximate surface area is 185 Å². The van der Waals surface area contributed by atoms with Gasteiger partial charge in [0.2, 0.25) is 5.91 Å². The summed E-state index contributed by atoms with van der Waals surface area (Å²) in [5.74, 6) is -0.421. The number of carbonyl (C=O) groups excluding carboxylic acids is 1. The highest BCUT2D eigenvalue weighted by atomic mass is 35.5. The van der Waals surface area contributed by atoms with Crippen molar-refractivity contribution in [3.05, 3.63) is 58.0 Å². The van der Waals surface area contributed by atoms with Gasteiger partial charge in [-0.2, -0.15) is 10.2 Å². The van der Waals surface area contributed by atoms with E-state index in [0.29, 0.717) is 32.7 Å². The molecule has 31 heavy (non-hydrogen) atoms. The average molecular weight is 465 g/mol. The van der Waals surface area contributed by atoms with Crippen LogP contribution in [0, 0.1) is 6.92 Å². The van der Waals surface area contributed by atoms with E-state index in [2.05, 4.69) is 20.5 Å². The standard InChI is InChI=1S/C20H16Cl2F2N6O/c1-10-18-13(19(23)24)6-16(11-7-25-29(2)8-11)27-20(18)30(28-10)9-17(31)26-12-3-4-14(21)15(22)5-12/h3-8,19H,9H2,1-2H3,(H,26,31). The van der Waals surface area contributed by atoms with Gasteiger partial charge >= 0.3 is 0 Å². The molecule has 0 radical (unpaired) electrons. The van der Waals surface area contributed by atoms with Gasteiger partial charge in [0, 0.05) is 30.1 Å². The summed E-state index contributed by atoms with van der Waals surface area (Å²) >= 11 is 11.9. The molecule has 1 N–H and O–H groups in total. The van der Waals surface area contributed by atoms with E-state index in [-0.39, 0.29) is 23.1 Å². The van der Waals surface area contributed by atoms with Crippen LogP contribution in [0.15, 0.2) is 36.7 Å². The monoisotopic (exact) mass is 464 g/mol. The Morgan fingerprint density at radius 2 is 2.00 bits per heavy atom. The first kappa shape index (κ1) is 21.2. The molecule has 0 aliphatic carbocycles. The molecule has 160 valence electrons. The first-order chi connectivity index (χ1) is 14.7. The fourth-order valence-electron chi connectivity index (χ4n) is 3.28. The van der Waals surface area contributed by atoms with Crippen molar-refractivity contribution >= 4 is 45.8 Å². The lowest BCUT2D eigenvalue weighted by Gasteiger charge is -2.09. The number of benzene rings is 1. The maximum Gasteiger partial charge on any atom is 0.264 e. The Bertz CT molecular complexity index is 1300. The Hall–Kier alpha value is -3.04. The van der Waals surface area contributed by atoms with E-state index in [0.717, 1.165) is 0 Å². The van der Waals surface area contributed by atoms with Crippen molar-refractivity contribution < 1.29 is 13.6 Å². The van der Waals surface area contributed by atoms with Gasteiger partial charge in [0.1, 0.15) is 6.54 Å². The molecular formula is C20H16Cl2F2N6O. The number of nitrogens with zero attached hydrogens (tertiary/aromatic N) is 5. The van der Waals surface area contributed by atoms with E-state index in [4.69, 9.17) is 23.2 Å². The Balaban J connectivity index is 1.72. The molecule has 7 nitrogen and oxygen atoms in total. The zero-order valence-corrected chi connectivity index (χ0v) is 17.9. The topological polar surface area (TPSA) is 77.6 Å². The third-order valence-electron chi connectivity index (χ3n) is 4.64. The summed E-state index contributed by atoms with van der Waals surface area (Å²) in [6, 6.07) is 6.01. The molecule has 0 aliphatic rings. The molecule has 0 aliphatic heterocycles. The Morgan fingerprint density at radius 3 is 2.65 bits per heavy atom. The van der Waals surface area contributed by atoms with Crippen LogP contribution in [0.3, 0.4) is 0 Å². The van der Waals surface area contributed by atoms with Crippen molar-refractivity contribution in [2.75, 3.05) is 5.32 Å². The van der Waals surface area contributed by atoms with Crippen LogP contribution in [0.25, 0.3) is 22.3 Å². The molecule has 0 spiro atoms. The summed E-state index contributed by atoms with van der Waals surface area (Å²) in [6.45, 7) is 1.38. The number of amides is 1. The lowest BCUT2D eigenvalue weighted by Crippen LogP contribution is -2.19. The van der Waals surface area contributed by atoms with Crippen LogP contribution >= 0.6 is 23.2 Å². The second-order valence-corrected chi connectivity index (χ2v) is 7.73. The molecule has 0 atom stereocenters. The van der Waals surface area contributed by atoms with Gasteiger partial charge in [0.25, 0.3) is 6.43 Å². The smallest absolute Gasteiger partial charge is 0.264 e. The fourth-order valence-corrected chi connectivity index (χ4v) is 3.58. The molecule has 0 unspecified atom stereocenters. The van der Waals surface area contributed by atoms with Crippen LogP contribution in [0.4, 0.5) is 14.5 Å². The molecule has 3 aromatic heterocycles. The number of aryl methyl sites for hydroxylation is 2. The van der Waals surface area contributed by atoms with Crippen LogP contribution in [0.1, 0.15) is 17.7 Å². The van der Waals surface area contributed by atoms with Crippen molar-refractivity contribution in [3.63, 3.8) is 0 Å².